The van der Waals surface area contributed by atoms with Crippen molar-refractivity contribution in [1.29, 1.82) is 0 Å². The van der Waals surface area contributed by atoms with Crippen molar-refractivity contribution in [3.63, 3.8) is 0 Å². The average molecular weight is 385 g/mol. The third-order valence-corrected chi connectivity index (χ3v) is 4.66. The minimum Gasteiger partial charge on any atom is -0.489 e. The van der Waals surface area contributed by atoms with Crippen molar-refractivity contribution < 1.29 is 9.47 Å². The van der Waals surface area contributed by atoms with Crippen LogP contribution in [0.3, 0.4) is 0 Å². The summed E-state index contributed by atoms with van der Waals surface area (Å²) in [5, 5.41) is 8.53. The summed E-state index contributed by atoms with van der Waals surface area (Å²) >= 11 is 0. The number of benzene rings is 3. The van der Waals surface area contributed by atoms with Gasteiger partial charge in [0.2, 0.25) is 0 Å². The molecule has 29 heavy (non-hydrogen) atoms. The van der Waals surface area contributed by atoms with Crippen molar-refractivity contribution >= 4 is 0 Å². The lowest BCUT2D eigenvalue weighted by atomic mass is 10.1. The number of rotatable bonds is 8. The molecule has 4 aromatic rings. The van der Waals surface area contributed by atoms with Crippen molar-refractivity contribution in [1.82, 2.24) is 15.0 Å². The Hall–Kier alpha value is -3.60. The Labute approximate surface area is 170 Å². The van der Waals surface area contributed by atoms with Crippen LogP contribution in [0.4, 0.5) is 0 Å². The lowest BCUT2D eigenvalue weighted by Crippen LogP contribution is -2.10. The molecule has 4 rings (SSSR count). The van der Waals surface area contributed by atoms with Crippen molar-refractivity contribution in [3.8, 4) is 11.5 Å². The van der Waals surface area contributed by atoms with Crippen LogP contribution in [0.5, 0.6) is 11.5 Å². The van der Waals surface area contributed by atoms with Gasteiger partial charge in [-0.2, -0.15) is 15.0 Å². The number of aromatic nitrogens is 3. The summed E-state index contributed by atoms with van der Waals surface area (Å²) in [6.07, 6.45) is 3.36. The predicted octanol–water partition coefficient (Wildman–Crippen LogP) is 5.05. The van der Waals surface area contributed by atoms with E-state index in [4.69, 9.17) is 9.47 Å². The van der Waals surface area contributed by atoms with Gasteiger partial charge >= 0.3 is 0 Å². The molecule has 5 nitrogen and oxygen atoms in total. The Morgan fingerprint density at radius 1 is 0.724 bits per heavy atom. The molecule has 0 aliphatic rings. The molecule has 0 saturated carbocycles. The van der Waals surface area contributed by atoms with Gasteiger partial charge in [-0.05, 0) is 35.7 Å². The monoisotopic (exact) mass is 385 g/mol. The van der Waals surface area contributed by atoms with Gasteiger partial charge in [-0.15, -0.1) is 0 Å². The summed E-state index contributed by atoms with van der Waals surface area (Å²) < 4.78 is 12.1. The normalized spacial score (nSPS) is 11.8. The van der Waals surface area contributed by atoms with E-state index in [1.165, 1.54) is 0 Å². The van der Waals surface area contributed by atoms with E-state index < -0.39 is 0 Å². The van der Waals surface area contributed by atoms with Crippen LogP contribution in [-0.2, 0) is 13.2 Å². The average Bonchev–Trinajstić information content (AvgIpc) is 3.32. The van der Waals surface area contributed by atoms with E-state index in [0.717, 1.165) is 28.2 Å². The smallest absolute Gasteiger partial charge is 0.123 e. The standard InChI is InChI=1S/C24H23N3O2/c1-19(27-25-12-13-26-27)22-14-23(28-17-20-8-4-2-5-9-20)16-24(15-22)29-18-21-10-6-3-7-11-21/h2-16,19H,17-18H2,1H3. The fourth-order valence-electron chi connectivity index (χ4n) is 3.04. The SMILES string of the molecule is CC(c1cc(OCc2ccccc2)cc(OCc2ccccc2)c1)n1nccn1. The van der Waals surface area contributed by atoms with E-state index in [0.29, 0.717) is 13.2 Å². The highest BCUT2D eigenvalue weighted by molar-refractivity contribution is 5.40. The molecule has 0 fully saturated rings. The van der Waals surface area contributed by atoms with Crippen LogP contribution in [-0.4, -0.2) is 15.0 Å². The second-order valence-electron chi connectivity index (χ2n) is 6.81. The first kappa shape index (κ1) is 18.7. The van der Waals surface area contributed by atoms with Crippen LogP contribution in [0.1, 0.15) is 29.7 Å². The Bertz CT molecular complexity index is 957. The third-order valence-electron chi connectivity index (χ3n) is 4.66. The van der Waals surface area contributed by atoms with Crippen LogP contribution < -0.4 is 9.47 Å². The molecule has 0 spiro atoms. The first-order valence-corrected chi connectivity index (χ1v) is 9.62. The number of ether oxygens (including phenoxy) is 2. The van der Waals surface area contributed by atoms with Gasteiger partial charge in [0.15, 0.2) is 0 Å². The summed E-state index contributed by atoms with van der Waals surface area (Å²) in [7, 11) is 0. The molecule has 1 unspecified atom stereocenters. The maximum atomic E-state index is 6.06. The summed E-state index contributed by atoms with van der Waals surface area (Å²) in [5.41, 5.74) is 3.26. The van der Waals surface area contributed by atoms with E-state index in [9.17, 15) is 0 Å². The fourth-order valence-corrected chi connectivity index (χ4v) is 3.04. The van der Waals surface area contributed by atoms with Gasteiger partial charge in [0, 0.05) is 6.07 Å². The van der Waals surface area contributed by atoms with Crippen molar-refractivity contribution in [2.75, 3.05) is 0 Å². The van der Waals surface area contributed by atoms with Gasteiger partial charge in [-0.25, -0.2) is 0 Å². The van der Waals surface area contributed by atoms with Gasteiger partial charge in [0.1, 0.15) is 24.7 Å². The van der Waals surface area contributed by atoms with Crippen LogP contribution in [0, 0.1) is 0 Å². The largest absolute Gasteiger partial charge is 0.489 e. The molecule has 1 heterocycles. The maximum absolute atomic E-state index is 6.06. The zero-order valence-electron chi connectivity index (χ0n) is 16.3. The molecule has 0 aliphatic heterocycles. The molecular formula is C24H23N3O2. The summed E-state index contributed by atoms with van der Waals surface area (Å²) in [4.78, 5) is 1.68. The van der Waals surface area contributed by atoms with E-state index in [1.807, 2.05) is 78.9 Å². The van der Waals surface area contributed by atoms with Gasteiger partial charge < -0.3 is 9.47 Å². The first-order chi connectivity index (χ1) is 14.3. The molecule has 3 aromatic carbocycles. The predicted molar refractivity (Wildman–Crippen MR) is 112 cm³/mol. The van der Waals surface area contributed by atoms with Gasteiger partial charge in [0.05, 0.1) is 18.4 Å². The number of hydrogen-bond acceptors (Lipinski definition) is 4. The molecule has 1 aromatic heterocycles. The second kappa shape index (κ2) is 9.06. The number of hydrogen-bond donors (Lipinski definition) is 0. The molecule has 0 bridgehead atoms. The fraction of sp³-hybridized carbons (Fsp3) is 0.167. The van der Waals surface area contributed by atoms with Crippen molar-refractivity contribution in [2.24, 2.45) is 0 Å². The molecule has 0 saturated heterocycles. The molecule has 0 N–H and O–H groups in total. The molecular weight excluding hydrogens is 362 g/mol. The zero-order chi connectivity index (χ0) is 19.9. The first-order valence-electron chi connectivity index (χ1n) is 9.62. The van der Waals surface area contributed by atoms with Gasteiger partial charge in [-0.1, -0.05) is 60.7 Å². The van der Waals surface area contributed by atoms with Crippen LogP contribution in [0.15, 0.2) is 91.3 Å². The lowest BCUT2D eigenvalue weighted by molar-refractivity contribution is 0.288. The molecule has 0 aliphatic carbocycles. The zero-order valence-corrected chi connectivity index (χ0v) is 16.3. The van der Waals surface area contributed by atoms with Gasteiger partial charge in [0.25, 0.3) is 0 Å². The summed E-state index contributed by atoms with van der Waals surface area (Å²) in [6, 6.07) is 26.2. The summed E-state index contributed by atoms with van der Waals surface area (Å²) in [5.74, 6) is 1.52. The molecule has 1 atom stereocenters. The lowest BCUT2D eigenvalue weighted by Gasteiger charge is -2.16. The number of nitrogens with zero attached hydrogens (tertiary/aromatic N) is 3. The maximum Gasteiger partial charge on any atom is 0.123 e. The van der Waals surface area contributed by atoms with E-state index >= 15 is 0 Å². The van der Waals surface area contributed by atoms with Crippen LogP contribution in [0.2, 0.25) is 0 Å². The highest BCUT2D eigenvalue weighted by atomic mass is 16.5. The Morgan fingerprint density at radius 3 is 1.69 bits per heavy atom. The Morgan fingerprint density at radius 2 is 1.21 bits per heavy atom. The van der Waals surface area contributed by atoms with Crippen LogP contribution >= 0.6 is 0 Å². The van der Waals surface area contributed by atoms with E-state index in [2.05, 4.69) is 17.1 Å². The second-order valence-corrected chi connectivity index (χ2v) is 6.81. The minimum atomic E-state index is -0.0376. The quantitative estimate of drug-likeness (QED) is 0.426. The van der Waals surface area contributed by atoms with E-state index in [1.54, 1.807) is 17.2 Å². The molecule has 5 heteroatoms. The Kier molecular flexibility index (Phi) is 5.86. The molecule has 0 radical (unpaired) electrons. The Balaban J connectivity index is 1.56. The topological polar surface area (TPSA) is 49.2 Å². The molecule has 0 amide bonds. The van der Waals surface area contributed by atoms with Gasteiger partial charge in [-0.3, -0.25) is 0 Å². The van der Waals surface area contributed by atoms with E-state index in [-0.39, 0.29) is 6.04 Å². The highest BCUT2D eigenvalue weighted by Crippen LogP contribution is 2.29. The third kappa shape index (κ3) is 5.02. The molecule has 146 valence electrons. The van der Waals surface area contributed by atoms with Crippen molar-refractivity contribution in [3.05, 3.63) is 108 Å². The minimum absolute atomic E-state index is 0.0376. The van der Waals surface area contributed by atoms with Crippen molar-refractivity contribution in [2.45, 2.75) is 26.2 Å². The van der Waals surface area contributed by atoms with Crippen LogP contribution in [0.25, 0.3) is 0 Å². The highest BCUT2D eigenvalue weighted by Gasteiger charge is 2.13. The summed E-state index contributed by atoms with van der Waals surface area (Å²) in [6.45, 7) is 3.05.